The molecule has 2 rings (SSSR count). The SMILES string of the molecule is CC(C)(C)OC(=O)N1CCC(Nc2ccc(C(N)=O)cc2Cl)CC1. The van der Waals surface area contributed by atoms with Gasteiger partial charge in [0.25, 0.3) is 0 Å². The van der Waals surface area contributed by atoms with Crippen LogP contribution in [0.25, 0.3) is 0 Å². The summed E-state index contributed by atoms with van der Waals surface area (Å²) in [7, 11) is 0. The van der Waals surface area contributed by atoms with E-state index in [1.54, 1.807) is 23.1 Å². The normalized spacial score (nSPS) is 15.9. The van der Waals surface area contributed by atoms with Gasteiger partial charge >= 0.3 is 6.09 Å². The number of carbonyl (C=O) groups excluding carboxylic acids is 2. The van der Waals surface area contributed by atoms with Crippen LogP contribution in [0, 0.1) is 0 Å². The van der Waals surface area contributed by atoms with Gasteiger partial charge in [-0.3, -0.25) is 4.79 Å². The number of primary amides is 1. The number of hydrogen-bond donors (Lipinski definition) is 2. The average Bonchev–Trinajstić information content (AvgIpc) is 2.48. The number of nitrogens with two attached hydrogens (primary N) is 1. The molecule has 1 saturated heterocycles. The molecule has 7 heteroatoms. The van der Waals surface area contributed by atoms with Crippen LogP contribution in [-0.2, 0) is 4.74 Å². The maximum absolute atomic E-state index is 12.1. The Morgan fingerprint density at radius 1 is 1.29 bits per heavy atom. The van der Waals surface area contributed by atoms with Crippen LogP contribution >= 0.6 is 11.6 Å². The number of amides is 2. The summed E-state index contributed by atoms with van der Waals surface area (Å²) in [5, 5.41) is 3.82. The van der Waals surface area contributed by atoms with Crippen LogP contribution in [0.2, 0.25) is 5.02 Å². The molecule has 0 unspecified atom stereocenters. The molecule has 0 aromatic heterocycles. The second-order valence-corrected chi connectivity index (χ2v) is 7.35. The number of nitrogens with one attached hydrogen (secondary N) is 1. The largest absolute Gasteiger partial charge is 0.444 e. The second-order valence-electron chi connectivity index (χ2n) is 6.94. The Kier molecular flexibility index (Phi) is 5.59. The number of carbonyl (C=O) groups is 2. The number of halogens is 1. The molecule has 2 amide bonds. The number of piperidine rings is 1. The Morgan fingerprint density at radius 3 is 2.42 bits per heavy atom. The highest BCUT2D eigenvalue weighted by Crippen LogP contribution is 2.26. The molecule has 3 N–H and O–H groups in total. The number of likely N-dealkylation sites (tertiary alicyclic amines) is 1. The molecule has 0 aliphatic carbocycles. The van der Waals surface area contributed by atoms with Gasteiger partial charge in [-0.15, -0.1) is 0 Å². The number of ether oxygens (including phenoxy) is 1. The van der Waals surface area contributed by atoms with Crippen molar-refractivity contribution in [2.45, 2.75) is 45.3 Å². The Morgan fingerprint density at radius 2 is 1.92 bits per heavy atom. The molecule has 6 nitrogen and oxygen atoms in total. The molecule has 1 aliphatic rings. The maximum Gasteiger partial charge on any atom is 0.410 e. The molecule has 1 aliphatic heterocycles. The van der Waals surface area contributed by atoms with Crippen LogP contribution in [0.5, 0.6) is 0 Å². The van der Waals surface area contributed by atoms with Crippen LogP contribution < -0.4 is 11.1 Å². The van der Waals surface area contributed by atoms with Crippen molar-refractivity contribution in [2.75, 3.05) is 18.4 Å². The number of anilines is 1. The van der Waals surface area contributed by atoms with E-state index in [4.69, 9.17) is 22.1 Å². The zero-order valence-electron chi connectivity index (χ0n) is 14.3. The number of hydrogen-bond acceptors (Lipinski definition) is 4. The van der Waals surface area contributed by atoms with Gasteiger partial charge < -0.3 is 20.7 Å². The smallest absolute Gasteiger partial charge is 0.410 e. The fourth-order valence-electron chi connectivity index (χ4n) is 2.54. The van der Waals surface area contributed by atoms with Crippen LogP contribution in [0.1, 0.15) is 44.0 Å². The van der Waals surface area contributed by atoms with Gasteiger partial charge in [0.05, 0.1) is 10.7 Å². The molecule has 0 atom stereocenters. The summed E-state index contributed by atoms with van der Waals surface area (Å²) in [6, 6.07) is 5.16. The molecule has 0 spiro atoms. The van der Waals surface area contributed by atoms with Crippen LogP contribution in [-0.4, -0.2) is 41.6 Å². The lowest BCUT2D eigenvalue weighted by Gasteiger charge is -2.34. The van der Waals surface area contributed by atoms with E-state index in [9.17, 15) is 9.59 Å². The van der Waals surface area contributed by atoms with Crippen molar-refractivity contribution in [3.05, 3.63) is 28.8 Å². The van der Waals surface area contributed by atoms with E-state index in [0.29, 0.717) is 23.7 Å². The Hall–Kier alpha value is -1.95. The summed E-state index contributed by atoms with van der Waals surface area (Å²) in [4.78, 5) is 24.9. The first-order valence-corrected chi connectivity index (χ1v) is 8.37. The summed E-state index contributed by atoms with van der Waals surface area (Å²) in [5.74, 6) is -0.505. The van der Waals surface area contributed by atoms with E-state index in [1.165, 1.54) is 0 Å². The van der Waals surface area contributed by atoms with E-state index in [-0.39, 0.29) is 12.1 Å². The predicted molar refractivity (Wildman–Crippen MR) is 94.4 cm³/mol. The highest BCUT2D eigenvalue weighted by molar-refractivity contribution is 6.33. The first kappa shape index (κ1) is 18.4. The average molecular weight is 354 g/mol. The topological polar surface area (TPSA) is 84.7 Å². The standard InChI is InChI=1S/C17H24ClN3O3/c1-17(2,3)24-16(23)21-8-6-12(7-9-21)20-14-5-4-11(15(19)22)10-13(14)18/h4-5,10,12,20H,6-9H2,1-3H3,(H2,19,22). The minimum absolute atomic E-state index is 0.209. The van der Waals surface area contributed by atoms with Crippen molar-refractivity contribution in [3.8, 4) is 0 Å². The van der Waals surface area contributed by atoms with Crippen molar-refractivity contribution in [1.82, 2.24) is 4.90 Å². The first-order chi connectivity index (χ1) is 11.2. The van der Waals surface area contributed by atoms with Gasteiger partial charge in [0.15, 0.2) is 0 Å². The molecule has 0 saturated carbocycles. The molecule has 1 fully saturated rings. The quantitative estimate of drug-likeness (QED) is 0.873. The van der Waals surface area contributed by atoms with Gasteiger partial charge in [0.1, 0.15) is 5.60 Å². The molecule has 0 radical (unpaired) electrons. The Balaban J connectivity index is 1.89. The van der Waals surface area contributed by atoms with E-state index in [1.807, 2.05) is 20.8 Å². The molecule has 132 valence electrons. The number of benzene rings is 1. The lowest BCUT2D eigenvalue weighted by atomic mass is 10.0. The highest BCUT2D eigenvalue weighted by atomic mass is 35.5. The first-order valence-electron chi connectivity index (χ1n) is 7.99. The Bertz CT molecular complexity index is 620. The second kappa shape index (κ2) is 7.30. The third-order valence-corrected chi connectivity index (χ3v) is 4.07. The molecule has 24 heavy (non-hydrogen) atoms. The minimum Gasteiger partial charge on any atom is -0.444 e. The van der Waals surface area contributed by atoms with Crippen molar-refractivity contribution in [1.29, 1.82) is 0 Å². The van der Waals surface area contributed by atoms with Crippen LogP contribution in [0.15, 0.2) is 18.2 Å². The summed E-state index contributed by atoms with van der Waals surface area (Å²) in [6.45, 7) is 6.83. The lowest BCUT2D eigenvalue weighted by molar-refractivity contribution is 0.0210. The van der Waals surface area contributed by atoms with Gasteiger partial charge in [-0.1, -0.05) is 11.6 Å². The zero-order chi connectivity index (χ0) is 17.9. The van der Waals surface area contributed by atoms with Crippen molar-refractivity contribution in [2.24, 2.45) is 5.73 Å². The number of nitrogens with zero attached hydrogens (tertiary/aromatic N) is 1. The van der Waals surface area contributed by atoms with Crippen molar-refractivity contribution < 1.29 is 14.3 Å². The maximum atomic E-state index is 12.1. The van der Waals surface area contributed by atoms with Crippen LogP contribution in [0.4, 0.5) is 10.5 Å². The molecule has 1 aromatic carbocycles. The molecule has 1 aromatic rings. The van der Waals surface area contributed by atoms with Gasteiger partial charge in [-0.05, 0) is 51.8 Å². The third kappa shape index (κ3) is 5.03. The molecular weight excluding hydrogens is 330 g/mol. The fraction of sp³-hybridized carbons (Fsp3) is 0.529. The van der Waals surface area contributed by atoms with Gasteiger partial charge in [-0.2, -0.15) is 0 Å². The summed E-state index contributed by atoms with van der Waals surface area (Å²) >= 11 is 6.19. The monoisotopic (exact) mass is 353 g/mol. The molecular formula is C17H24ClN3O3. The zero-order valence-corrected chi connectivity index (χ0v) is 15.0. The van der Waals surface area contributed by atoms with Gasteiger partial charge in [-0.25, -0.2) is 4.79 Å². The summed E-state index contributed by atoms with van der Waals surface area (Å²) < 4.78 is 5.39. The van der Waals surface area contributed by atoms with Gasteiger partial charge in [0, 0.05) is 24.7 Å². The Labute approximate surface area is 147 Å². The van der Waals surface area contributed by atoms with E-state index >= 15 is 0 Å². The predicted octanol–water partition coefficient (Wildman–Crippen LogP) is 3.25. The van der Waals surface area contributed by atoms with E-state index in [0.717, 1.165) is 18.5 Å². The van der Waals surface area contributed by atoms with Gasteiger partial charge in [0.2, 0.25) is 5.91 Å². The highest BCUT2D eigenvalue weighted by Gasteiger charge is 2.27. The van der Waals surface area contributed by atoms with E-state index < -0.39 is 11.5 Å². The lowest BCUT2D eigenvalue weighted by Crippen LogP contribution is -2.44. The summed E-state index contributed by atoms with van der Waals surface area (Å²) in [5.41, 5.74) is 5.89. The fourth-order valence-corrected chi connectivity index (χ4v) is 2.77. The van der Waals surface area contributed by atoms with Crippen LogP contribution in [0.3, 0.4) is 0 Å². The number of rotatable bonds is 3. The van der Waals surface area contributed by atoms with E-state index in [2.05, 4.69) is 5.32 Å². The molecule has 0 bridgehead atoms. The minimum atomic E-state index is -0.505. The van der Waals surface area contributed by atoms with Crippen molar-refractivity contribution in [3.63, 3.8) is 0 Å². The third-order valence-electron chi connectivity index (χ3n) is 3.76. The molecule has 1 heterocycles. The van der Waals surface area contributed by atoms with Crippen molar-refractivity contribution >= 4 is 29.3 Å². The summed E-state index contributed by atoms with van der Waals surface area (Å²) in [6.07, 6.45) is 1.32.